The van der Waals surface area contributed by atoms with E-state index in [0.29, 0.717) is 5.92 Å². The predicted octanol–water partition coefficient (Wildman–Crippen LogP) is 8.00. The fourth-order valence-electron chi connectivity index (χ4n) is 4.25. The zero-order chi connectivity index (χ0) is 21.8. The largest absolute Gasteiger partial charge is 0.348 e. The normalized spacial score (nSPS) is 18.2. The molecule has 0 radical (unpaired) electrons. The highest BCUT2D eigenvalue weighted by atomic mass is 15.1. The summed E-state index contributed by atoms with van der Waals surface area (Å²) in [4.78, 5) is 2.31. The van der Waals surface area contributed by atoms with Crippen LogP contribution in [0.25, 0.3) is 16.7 Å². The van der Waals surface area contributed by atoms with Gasteiger partial charge in [-0.1, -0.05) is 85.8 Å². The lowest BCUT2D eigenvalue weighted by molar-refractivity contribution is 0.465. The van der Waals surface area contributed by atoms with E-state index in [-0.39, 0.29) is 0 Å². The van der Waals surface area contributed by atoms with Crippen LogP contribution >= 0.6 is 0 Å². The third-order valence-corrected chi connectivity index (χ3v) is 6.43. The summed E-state index contributed by atoms with van der Waals surface area (Å²) >= 11 is 0. The van der Waals surface area contributed by atoms with Gasteiger partial charge in [-0.3, -0.25) is 0 Å². The predicted molar refractivity (Wildman–Crippen MR) is 135 cm³/mol. The van der Waals surface area contributed by atoms with Gasteiger partial charge in [0.15, 0.2) is 0 Å². The molecule has 0 saturated heterocycles. The molecule has 0 amide bonds. The summed E-state index contributed by atoms with van der Waals surface area (Å²) < 4.78 is 0. The average Bonchev–Trinajstić information content (AvgIpc) is 2.78. The van der Waals surface area contributed by atoms with Crippen LogP contribution in [0.4, 0.5) is 0 Å². The summed E-state index contributed by atoms with van der Waals surface area (Å²) in [5, 5.41) is 0. The zero-order valence-electron chi connectivity index (χ0n) is 19.1. The van der Waals surface area contributed by atoms with Gasteiger partial charge < -0.3 is 4.90 Å². The van der Waals surface area contributed by atoms with Crippen molar-refractivity contribution in [1.82, 2.24) is 4.90 Å². The molecular formula is C30H33N. The molecule has 1 aliphatic heterocycles. The highest BCUT2D eigenvalue weighted by molar-refractivity contribution is 5.86. The highest BCUT2D eigenvalue weighted by Crippen LogP contribution is 2.33. The van der Waals surface area contributed by atoms with Crippen molar-refractivity contribution in [3.05, 3.63) is 114 Å². The van der Waals surface area contributed by atoms with Gasteiger partial charge in [0.1, 0.15) is 0 Å². The minimum Gasteiger partial charge on any atom is -0.348 e. The van der Waals surface area contributed by atoms with E-state index in [9.17, 15) is 0 Å². The van der Waals surface area contributed by atoms with Gasteiger partial charge in [0.05, 0.1) is 0 Å². The molecule has 0 spiro atoms. The van der Waals surface area contributed by atoms with Gasteiger partial charge >= 0.3 is 0 Å². The number of rotatable bonds is 6. The first-order chi connectivity index (χ1) is 15.0. The molecule has 1 aliphatic carbocycles. The van der Waals surface area contributed by atoms with E-state index >= 15 is 0 Å². The molecule has 1 atom stereocenters. The second-order valence-electron chi connectivity index (χ2n) is 8.90. The molecule has 1 unspecified atom stereocenters. The molecule has 2 aliphatic rings. The molecule has 0 fully saturated rings. The van der Waals surface area contributed by atoms with Crippen LogP contribution in [0.1, 0.15) is 42.9 Å². The number of aryl methyl sites for hydroxylation is 2. The lowest BCUT2D eigenvalue weighted by Gasteiger charge is -2.26. The first-order valence-corrected chi connectivity index (χ1v) is 11.4. The second kappa shape index (κ2) is 9.39. The summed E-state index contributed by atoms with van der Waals surface area (Å²) in [7, 11) is 0. The highest BCUT2D eigenvalue weighted by Gasteiger charge is 2.14. The van der Waals surface area contributed by atoms with E-state index < -0.39 is 0 Å². The lowest BCUT2D eigenvalue weighted by atomic mass is 9.92. The maximum Gasteiger partial charge on any atom is 0.0333 e. The summed E-state index contributed by atoms with van der Waals surface area (Å²) in [6.45, 7) is 11.9. The van der Waals surface area contributed by atoms with Gasteiger partial charge in [0, 0.05) is 18.4 Å². The SMILES string of the molecule is C=C1C=CC(c2ccccc2-c2ccc(C)c(C)c2)=CN1CCCC1=CCC(C)C=C1. The quantitative estimate of drug-likeness (QED) is 0.469. The van der Waals surface area contributed by atoms with E-state index in [4.69, 9.17) is 0 Å². The molecule has 0 N–H and O–H groups in total. The third-order valence-electron chi connectivity index (χ3n) is 6.43. The van der Waals surface area contributed by atoms with E-state index in [1.165, 1.54) is 45.4 Å². The number of hydrogen-bond acceptors (Lipinski definition) is 1. The van der Waals surface area contributed by atoms with Crippen LogP contribution in [-0.2, 0) is 0 Å². The van der Waals surface area contributed by atoms with E-state index in [1.54, 1.807) is 0 Å². The van der Waals surface area contributed by atoms with Crippen molar-refractivity contribution in [2.45, 2.75) is 40.0 Å². The fraction of sp³-hybridized carbons (Fsp3) is 0.267. The van der Waals surface area contributed by atoms with E-state index in [2.05, 4.69) is 111 Å². The van der Waals surface area contributed by atoms with Crippen LogP contribution in [0.15, 0.2) is 96.9 Å². The van der Waals surface area contributed by atoms with Crippen molar-refractivity contribution in [2.24, 2.45) is 5.92 Å². The molecule has 31 heavy (non-hydrogen) atoms. The van der Waals surface area contributed by atoms with Gasteiger partial charge in [-0.05, 0) is 78.5 Å². The Balaban J connectivity index is 1.53. The second-order valence-corrected chi connectivity index (χ2v) is 8.90. The lowest BCUT2D eigenvalue weighted by Crippen LogP contribution is -2.19. The van der Waals surface area contributed by atoms with Gasteiger partial charge in [-0.15, -0.1) is 0 Å². The van der Waals surface area contributed by atoms with Crippen LogP contribution in [-0.4, -0.2) is 11.4 Å². The van der Waals surface area contributed by atoms with E-state index in [0.717, 1.165) is 25.1 Å². The molecule has 1 nitrogen and oxygen atoms in total. The standard InChI is InChI=1S/C30H33N/c1-22-11-15-26(16-12-22)8-7-19-31-21-28(18-14-25(31)4)30-10-6-5-9-29(30)27-17-13-23(2)24(3)20-27/h5-6,9-11,13-18,20-22H,4,7-8,12,19H2,1-3H3. The Morgan fingerprint density at radius 1 is 0.968 bits per heavy atom. The maximum atomic E-state index is 4.27. The smallest absolute Gasteiger partial charge is 0.0333 e. The van der Waals surface area contributed by atoms with Crippen molar-refractivity contribution >= 4 is 5.57 Å². The first-order valence-electron chi connectivity index (χ1n) is 11.4. The van der Waals surface area contributed by atoms with Gasteiger partial charge in [0.2, 0.25) is 0 Å². The molecule has 0 saturated carbocycles. The minimum atomic E-state index is 0.679. The summed E-state index contributed by atoms with van der Waals surface area (Å²) in [5.74, 6) is 0.679. The van der Waals surface area contributed by atoms with Crippen molar-refractivity contribution in [3.8, 4) is 11.1 Å². The summed E-state index contributed by atoms with van der Waals surface area (Å²) in [5.41, 5.74) is 10.3. The first kappa shape index (κ1) is 21.2. The topological polar surface area (TPSA) is 3.24 Å². The van der Waals surface area contributed by atoms with Crippen LogP contribution < -0.4 is 0 Å². The van der Waals surface area contributed by atoms with Gasteiger partial charge in [-0.2, -0.15) is 0 Å². The Morgan fingerprint density at radius 3 is 2.52 bits per heavy atom. The molecule has 0 bridgehead atoms. The van der Waals surface area contributed by atoms with Crippen molar-refractivity contribution in [1.29, 1.82) is 0 Å². The maximum absolute atomic E-state index is 4.27. The Kier molecular flexibility index (Phi) is 6.42. The van der Waals surface area contributed by atoms with Crippen LogP contribution in [0.3, 0.4) is 0 Å². The Hall–Kier alpha value is -3.06. The third kappa shape index (κ3) is 4.99. The van der Waals surface area contributed by atoms with Crippen molar-refractivity contribution in [3.63, 3.8) is 0 Å². The summed E-state index contributed by atoms with van der Waals surface area (Å²) in [6.07, 6.45) is 17.1. The van der Waals surface area contributed by atoms with Crippen molar-refractivity contribution in [2.75, 3.05) is 6.54 Å². The molecule has 2 aromatic rings. The molecule has 0 aromatic heterocycles. The fourth-order valence-corrected chi connectivity index (χ4v) is 4.25. The molecule has 1 heterocycles. The number of benzene rings is 2. The number of hydrogen-bond donors (Lipinski definition) is 0. The van der Waals surface area contributed by atoms with Crippen LogP contribution in [0.2, 0.25) is 0 Å². The van der Waals surface area contributed by atoms with E-state index in [1.807, 2.05) is 0 Å². The van der Waals surface area contributed by atoms with Crippen LogP contribution in [0, 0.1) is 19.8 Å². The molecule has 4 rings (SSSR count). The number of nitrogens with zero attached hydrogens (tertiary/aromatic N) is 1. The molecule has 158 valence electrons. The minimum absolute atomic E-state index is 0.679. The van der Waals surface area contributed by atoms with Gasteiger partial charge in [0.25, 0.3) is 0 Å². The average molecular weight is 408 g/mol. The molecule has 1 heteroatoms. The number of allylic oxidation sites excluding steroid dienone is 7. The van der Waals surface area contributed by atoms with Crippen molar-refractivity contribution < 1.29 is 0 Å². The van der Waals surface area contributed by atoms with Gasteiger partial charge in [-0.25, -0.2) is 0 Å². The Labute approximate surface area is 187 Å². The zero-order valence-corrected chi connectivity index (χ0v) is 19.1. The monoisotopic (exact) mass is 407 g/mol. The Morgan fingerprint density at radius 2 is 1.77 bits per heavy atom. The summed E-state index contributed by atoms with van der Waals surface area (Å²) in [6, 6.07) is 15.5. The Bertz CT molecular complexity index is 1090. The molecule has 2 aromatic carbocycles. The van der Waals surface area contributed by atoms with Crippen LogP contribution in [0.5, 0.6) is 0 Å². The molecular weight excluding hydrogens is 374 g/mol.